The number of carbonyl (C=O) groups excluding carboxylic acids is 2. The molecule has 1 aromatic rings. The Bertz CT molecular complexity index is 580. The Morgan fingerprint density at radius 1 is 0.958 bits per heavy atom. The summed E-state index contributed by atoms with van der Waals surface area (Å²) < 4.78 is 0. The van der Waals surface area contributed by atoms with Gasteiger partial charge in [0.15, 0.2) is 0 Å². The van der Waals surface area contributed by atoms with Crippen LogP contribution in [-0.2, 0) is 4.79 Å². The lowest BCUT2D eigenvalue weighted by Gasteiger charge is -2.36. The van der Waals surface area contributed by atoms with Crippen LogP contribution < -0.4 is 4.90 Å². The number of anilines is 1. The van der Waals surface area contributed by atoms with Crippen molar-refractivity contribution in [2.45, 2.75) is 27.2 Å². The molecule has 0 unspecified atom stereocenters. The topological polar surface area (TPSA) is 43.9 Å². The quantitative estimate of drug-likeness (QED) is 0.855. The first kappa shape index (κ1) is 18.3. The fourth-order valence-electron chi connectivity index (χ4n) is 2.81. The SMILES string of the molecule is CN(C)c1ccc(C(=O)N2CCN(C(=O)CC(C)(C)C)CC2)cc1. The summed E-state index contributed by atoms with van der Waals surface area (Å²) in [5.74, 6) is 0.230. The second-order valence-electron chi connectivity index (χ2n) is 7.85. The van der Waals surface area contributed by atoms with Crippen LogP contribution in [0.5, 0.6) is 0 Å². The van der Waals surface area contributed by atoms with Gasteiger partial charge in [-0.05, 0) is 29.7 Å². The average Bonchev–Trinajstić information content (AvgIpc) is 2.53. The van der Waals surface area contributed by atoms with Crippen LogP contribution >= 0.6 is 0 Å². The molecule has 0 N–H and O–H groups in total. The number of benzene rings is 1. The summed E-state index contributed by atoms with van der Waals surface area (Å²) >= 11 is 0. The molecule has 0 aliphatic carbocycles. The van der Waals surface area contributed by atoms with Crippen molar-refractivity contribution >= 4 is 17.5 Å². The second kappa shape index (κ2) is 7.24. The van der Waals surface area contributed by atoms with Crippen LogP contribution in [-0.4, -0.2) is 61.9 Å². The smallest absolute Gasteiger partial charge is 0.253 e. The van der Waals surface area contributed by atoms with Gasteiger partial charge in [0.1, 0.15) is 0 Å². The van der Waals surface area contributed by atoms with E-state index in [9.17, 15) is 9.59 Å². The summed E-state index contributed by atoms with van der Waals surface area (Å²) in [5, 5.41) is 0. The molecule has 2 amide bonds. The van der Waals surface area contributed by atoms with E-state index in [-0.39, 0.29) is 17.2 Å². The van der Waals surface area contributed by atoms with Gasteiger partial charge >= 0.3 is 0 Å². The molecule has 1 saturated heterocycles. The predicted octanol–water partition coefficient (Wildman–Crippen LogP) is 2.47. The minimum atomic E-state index is -0.00176. The molecule has 0 spiro atoms. The fourth-order valence-corrected chi connectivity index (χ4v) is 2.81. The van der Waals surface area contributed by atoms with E-state index in [1.54, 1.807) is 0 Å². The number of rotatable bonds is 3. The predicted molar refractivity (Wildman–Crippen MR) is 97.3 cm³/mol. The van der Waals surface area contributed by atoms with Crippen molar-refractivity contribution in [2.75, 3.05) is 45.2 Å². The molecular weight excluding hydrogens is 302 g/mol. The second-order valence-corrected chi connectivity index (χ2v) is 7.85. The van der Waals surface area contributed by atoms with E-state index in [1.165, 1.54) is 0 Å². The first-order chi connectivity index (χ1) is 11.2. The Hall–Kier alpha value is -2.04. The molecule has 5 heteroatoms. The van der Waals surface area contributed by atoms with Crippen LogP contribution in [0.4, 0.5) is 5.69 Å². The zero-order valence-corrected chi connectivity index (χ0v) is 15.5. The summed E-state index contributed by atoms with van der Waals surface area (Å²) in [6.07, 6.45) is 0.549. The van der Waals surface area contributed by atoms with Crippen molar-refractivity contribution in [3.05, 3.63) is 29.8 Å². The molecule has 1 aliphatic heterocycles. The normalized spacial score (nSPS) is 15.4. The van der Waals surface area contributed by atoms with Crippen molar-refractivity contribution in [1.29, 1.82) is 0 Å². The van der Waals surface area contributed by atoms with Crippen LogP contribution in [0.15, 0.2) is 24.3 Å². The maximum Gasteiger partial charge on any atom is 0.253 e. The third-order valence-electron chi connectivity index (χ3n) is 4.23. The molecule has 5 nitrogen and oxygen atoms in total. The molecule has 24 heavy (non-hydrogen) atoms. The maximum absolute atomic E-state index is 12.6. The van der Waals surface area contributed by atoms with Gasteiger partial charge in [-0.2, -0.15) is 0 Å². The van der Waals surface area contributed by atoms with Crippen molar-refractivity contribution < 1.29 is 9.59 Å². The Morgan fingerprint density at radius 2 is 1.46 bits per heavy atom. The average molecular weight is 331 g/mol. The lowest BCUT2D eigenvalue weighted by atomic mass is 9.91. The number of piperazine rings is 1. The highest BCUT2D eigenvalue weighted by Crippen LogP contribution is 2.21. The van der Waals surface area contributed by atoms with Crippen molar-refractivity contribution in [3.8, 4) is 0 Å². The summed E-state index contributed by atoms with van der Waals surface area (Å²) in [5.41, 5.74) is 1.78. The van der Waals surface area contributed by atoms with Gasteiger partial charge in [0, 0.05) is 57.9 Å². The van der Waals surface area contributed by atoms with E-state index in [4.69, 9.17) is 0 Å². The highest BCUT2D eigenvalue weighted by atomic mass is 16.2. The first-order valence-electron chi connectivity index (χ1n) is 8.52. The molecule has 1 heterocycles. The van der Waals surface area contributed by atoms with E-state index < -0.39 is 0 Å². The molecule has 0 saturated carbocycles. The van der Waals surface area contributed by atoms with Crippen molar-refractivity contribution in [3.63, 3.8) is 0 Å². The van der Waals surface area contributed by atoms with E-state index >= 15 is 0 Å². The Kier molecular flexibility index (Phi) is 5.52. The zero-order valence-electron chi connectivity index (χ0n) is 15.5. The summed E-state index contributed by atoms with van der Waals surface area (Å²) in [6, 6.07) is 7.65. The Morgan fingerprint density at radius 3 is 1.92 bits per heavy atom. The number of hydrogen-bond donors (Lipinski definition) is 0. The van der Waals surface area contributed by atoms with E-state index in [0.717, 1.165) is 5.69 Å². The molecule has 1 aliphatic rings. The highest BCUT2D eigenvalue weighted by molar-refractivity contribution is 5.94. The zero-order chi connectivity index (χ0) is 17.9. The van der Waals surface area contributed by atoms with E-state index in [1.807, 2.05) is 53.1 Å². The lowest BCUT2D eigenvalue weighted by Crippen LogP contribution is -2.51. The van der Waals surface area contributed by atoms with Crippen LogP contribution in [0.2, 0.25) is 0 Å². The third kappa shape index (κ3) is 4.73. The van der Waals surface area contributed by atoms with Gasteiger partial charge in [0.05, 0.1) is 0 Å². The minimum Gasteiger partial charge on any atom is -0.378 e. The van der Waals surface area contributed by atoms with Gasteiger partial charge in [-0.25, -0.2) is 0 Å². The van der Waals surface area contributed by atoms with Crippen molar-refractivity contribution in [2.24, 2.45) is 5.41 Å². The first-order valence-corrected chi connectivity index (χ1v) is 8.52. The van der Waals surface area contributed by atoms with Crippen LogP contribution in [0.3, 0.4) is 0 Å². The van der Waals surface area contributed by atoms with Gasteiger partial charge in [0.2, 0.25) is 5.91 Å². The molecule has 2 rings (SSSR count). The monoisotopic (exact) mass is 331 g/mol. The standard InChI is InChI=1S/C19H29N3O2/c1-19(2,3)14-17(23)21-10-12-22(13-11-21)18(24)15-6-8-16(9-7-15)20(4)5/h6-9H,10-14H2,1-5H3. The number of nitrogens with zero attached hydrogens (tertiary/aromatic N) is 3. The molecule has 132 valence electrons. The van der Waals surface area contributed by atoms with E-state index in [0.29, 0.717) is 38.2 Å². The van der Waals surface area contributed by atoms with Gasteiger partial charge in [0.25, 0.3) is 5.91 Å². The van der Waals surface area contributed by atoms with Crippen LogP contribution in [0.25, 0.3) is 0 Å². The summed E-state index contributed by atoms with van der Waals surface area (Å²) in [4.78, 5) is 30.6. The molecular formula is C19H29N3O2. The molecule has 0 aromatic heterocycles. The molecule has 0 radical (unpaired) electrons. The highest BCUT2D eigenvalue weighted by Gasteiger charge is 2.27. The van der Waals surface area contributed by atoms with E-state index in [2.05, 4.69) is 20.8 Å². The number of carbonyl (C=O) groups is 2. The molecule has 1 fully saturated rings. The van der Waals surface area contributed by atoms with Gasteiger partial charge in [-0.1, -0.05) is 20.8 Å². The molecule has 1 aromatic carbocycles. The summed E-state index contributed by atoms with van der Waals surface area (Å²) in [7, 11) is 3.95. The number of amides is 2. The van der Waals surface area contributed by atoms with Crippen LogP contribution in [0.1, 0.15) is 37.6 Å². The lowest BCUT2D eigenvalue weighted by molar-refractivity contribution is -0.134. The van der Waals surface area contributed by atoms with Gasteiger partial charge in [-0.3, -0.25) is 9.59 Å². The molecule has 0 bridgehead atoms. The molecule has 0 atom stereocenters. The summed E-state index contributed by atoms with van der Waals surface area (Å²) in [6.45, 7) is 8.66. The number of hydrogen-bond acceptors (Lipinski definition) is 3. The van der Waals surface area contributed by atoms with Crippen LogP contribution in [0, 0.1) is 5.41 Å². The minimum absolute atomic E-state index is 0.00176. The van der Waals surface area contributed by atoms with Crippen molar-refractivity contribution in [1.82, 2.24) is 9.80 Å². The maximum atomic E-state index is 12.6. The largest absolute Gasteiger partial charge is 0.378 e. The van der Waals surface area contributed by atoms with Gasteiger partial charge < -0.3 is 14.7 Å². The van der Waals surface area contributed by atoms with Gasteiger partial charge in [-0.15, -0.1) is 0 Å². The fraction of sp³-hybridized carbons (Fsp3) is 0.579. The Labute approximate surface area is 145 Å². The third-order valence-corrected chi connectivity index (χ3v) is 4.23. The Balaban J connectivity index is 1.92.